The summed E-state index contributed by atoms with van der Waals surface area (Å²) >= 11 is 1.25. The van der Waals surface area contributed by atoms with Gasteiger partial charge in [0.2, 0.25) is 25.9 Å². The Kier molecular flexibility index (Phi) is 8.73. The third-order valence-corrected chi connectivity index (χ3v) is 8.86. The van der Waals surface area contributed by atoms with Crippen molar-refractivity contribution in [1.82, 2.24) is 30.3 Å². The van der Waals surface area contributed by atoms with Gasteiger partial charge in [0, 0.05) is 17.7 Å². The number of nitrogens with one attached hydrogen (secondary N) is 3. The first-order valence-corrected chi connectivity index (χ1v) is 15.3. The molecule has 2 aromatic carbocycles. The number of para-hydroxylation sites is 1. The number of tetrazole rings is 1. The molecule has 0 bridgehead atoms. The maximum atomic E-state index is 13.3. The number of anilines is 1. The molecule has 0 saturated heterocycles. The molecule has 0 spiro atoms. The number of carboxylic acids is 1. The van der Waals surface area contributed by atoms with Crippen molar-refractivity contribution in [2.24, 2.45) is 5.14 Å². The molecule has 5 aromatic rings. The van der Waals surface area contributed by atoms with E-state index < -0.39 is 42.0 Å². The number of carboxylic acid groups (broad SMARTS) is 1. The highest BCUT2D eigenvalue weighted by Gasteiger charge is 2.33. The predicted molar refractivity (Wildman–Crippen MR) is 142 cm³/mol. The number of H-pyrrole nitrogens is 2. The van der Waals surface area contributed by atoms with Crippen LogP contribution in [0.4, 0.5) is 18.3 Å². The Hall–Kier alpha value is -4.57. The van der Waals surface area contributed by atoms with Crippen LogP contribution >= 0.6 is 11.3 Å². The Bertz CT molecular complexity index is 2000. The summed E-state index contributed by atoms with van der Waals surface area (Å²) in [6.45, 7) is -0.121. The van der Waals surface area contributed by atoms with Gasteiger partial charge >= 0.3 is 6.18 Å². The lowest BCUT2D eigenvalue weighted by atomic mass is 9.98. The van der Waals surface area contributed by atoms with Crippen molar-refractivity contribution < 1.29 is 44.9 Å². The molecule has 43 heavy (non-hydrogen) atoms. The summed E-state index contributed by atoms with van der Waals surface area (Å²) in [5.41, 5.74) is 7.58. The Balaban J connectivity index is 0.000000541. The van der Waals surface area contributed by atoms with E-state index in [1.54, 1.807) is 36.5 Å². The van der Waals surface area contributed by atoms with Gasteiger partial charge in [-0.25, -0.2) is 36.7 Å². The first kappa shape index (κ1) is 31.4. The molecule has 0 radical (unpaired) electrons. The first-order chi connectivity index (χ1) is 20.1. The number of primary sulfonamides is 1. The Morgan fingerprint density at radius 3 is 2.37 bits per heavy atom. The van der Waals surface area contributed by atoms with Gasteiger partial charge in [0.05, 0.1) is 22.3 Å². The number of nitrogen functional groups attached to an aromatic ring is 1. The topological polar surface area (TPSA) is 254 Å². The van der Waals surface area contributed by atoms with Gasteiger partial charge < -0.3 is 15.6 Å². The van der Waals surface area contributed by atoms with Crippen molar-refractivity contribution in [1.29, 1.82) is 0 Å². The summed E-state index contributed by atoms with van der Waals surface area (Å²) in [6, 6.07) is 13.0. The van der Waals surface area contributed by atoms with Crippen LogP contribution in [0.15, 0.2) is 64.5 Å². The molecule has 0 amide bonds. The van der Waals surface area contributed by atoms with Crippen LogP contribution in [0.25, 0.3) is 32.7 Å². The molecule has 0 aliphatic carbocycles. The summed E-state index contributed by atoms with van der Waals surface area (Å²) in [7, 11) is -9.00. The number of aromatic nitrogens is 6. The lowest BCUT2D eigenvalue weighted by Gasteiger charge is -2.16. The van der Waals surface area contributed by atoms with E-state index in [4.69, 9.17) is 20.8 Å². The van der Waals surface area contributed by atoms with Crippen molar-refractivity contribution in [3.63, 3.8) is 0 Å². The number of aromatic amines is 2. The number of carbonyl (C=O) groups excluding carboxylic acids is 1. The number of thiazole rings is 1. The lowest BCUT2D eigenvalue weighted by Crippen LogP contribution is -2.37. The SMILES string of the molecule is Nc1nc2c(-c3ccc(S(=O)(=O)NCc4cccc[nH+]4)c(S(N)(=O)=O)c3-c3nn[nH]n3)cccc2s1.O=C([O-])C(F)(F)F. The Morgan fingerprint density at radius 2 is 1.79 bits per heavy atom. The number of pyridine rings is 1. The minimum absolute atomic E-state index is 0.121. The molecule has 3 aromatic heterocycles. The van der Waals surface area contributed by atoms with Crippen LogP contribution < -0.4 is 25.7 Å². The summed E-state index contributed by atoms with van der Waals surface area (Å²) < 4.78 is 87.1. The average molecular weight is 658 g/mol. The van der Waals surface area contributed by atoms with Gasteiger partial charge in [0.25, 0.3) is 0 Å². The Labute approximate surface area is 243 Å². The summed E-state index contributed by atoms with van der Waals surface area (Å²) in [6.07, 6.45) is -3.56. The summed E-state index contributed by atoms with van der Waals surface area (Å²) in [5, 5.41) is 28.3. The number of hydrogen-bond acceptors (Lipinski definition) is 12. The largest absolute Gasteiger partial charge is 0.542 e. The molecular formula is C22H18F3N9O6S3. The van der Waals surface area contributed by atoms with E-state index in [-0.39, 0.29) is 23.5 Å². The number of fused-ring (bicyclic) bond motifs is 1. The van der Waals surface area contributed by atoms with Gasteiger partial charge in [-0.1, -0.05) is 35.6 Å². The number of sulfonamides is 2. The second-order valence-electron chi connectivity index (χ2n) is 8.30. The fourth-order valence-electron chi connectivity index (χ4n) is 3.75. The number of nitrogens with two attached hydrogens (primary N) is 2. The normalized spacial score (nSPS) is 12.1. The van der Waals surface area contributed by atoms with E-state index in [1.807, 2.05) is 6.07 Å². The molecular weight excluding hydrogens is 639 g/mol. The maximum absolute atomic E-state index is 13.3. The quantitative estimate of drug-likeness (QED) is 0.181. The minimum Gasteiger partial charge on any atom is -0.542 e. The molecule has 0 atom stereocenters. The molecule has 15 nitrogen and oxygen atoms in total. The smallest absolute Gasteiger partial charge is 0.430 e. The standard InChI is InChI=1S/C20H17N9O4S3.C2HF3O2/c21-20-25-17-13(5-3-6-14(17)34-20)12-7-8-15(36(32,33)24-10-11-4-1-2-9-23-11)18(35(22,30)31)16(12)19-26-28-29-27-19;3-2(4,5)1(6)7/h1-9,24H,10H2,(H2,21,25)(H2,22,30,31)(H,26,27,28,29);(H,6,7). The zero-order valence-corrected chi connectivity index (χ0v) is 23.6. The molecule has 7 N–H and O–H groups in total. The van der Waals surface area contributed by atoms with Gasteiger partial charge in [-0.15, -0.1) is 10.2 Å². The zero-order valence-electron chi connectivity index (χ0n) is 21.2. The fourth-order valence-corrected chi connectivity index (χ4v) is 7.11. The van der Waals surface area contributed by atoms with Crippen LogP contribution in [0, 0.1) is 0 Å². The van der Waals surface area contributed by atoms with E-state index >= 15 is 0 Å². The number of alkyl halides is 3. The molecule has 21 heteroatoms. The Morgan fingerprint density at radius 1 is 1.07 bits per heavy atom. The van der Waals surface area contributed by atoms with Crippen LogP contribution in [0.1, 0.15) is 5.69 Å². The monoisotopic (exact) mass is 657 g/mol. The summed E-state index contributed by atoms with van der Waals surface area (Å²) in [5.74, 6) is -3.17. The van der Waals surface area contributed by atoms with Crippen LogP contribution in [0.2, 0.25) is 0 Å². The van der Waals surface area contributed by atoms with Crippen LogP contribution in [0.3, 0.4) is 0 Å². The molecule has 5 rings (SSSR count). The third-order valence-electron chi connectivity index (χ3n) is 5.45. The van der Waals surface area contributed by atoms with E-state index in [9.17, 15) is 30.0 Å². The maximum Gasteiger partial charge on any atom is 0.430 e. The molecule has 0 unspecified atom stereocenters. The van der Waals surface area contributed by atoms with Crippen LogP contribution in [-0.2, 0) is 31.4 Å². The highest BCUT2D eigenvalue weighted by Crippen LogP contribution is 2.41. The van der Waals surface area contributed by atoms with Crippen molar-refractivity contribution in [3.05, 3.63) is 60.4 Å². The van der Waals surface area contributed by atoms with Gasteiger partial charge in [-0.05, 0) is 22.9 Å². The van der Waals surface area contributed by atoms with Crippen molar-refractivity contribution >= 4 is 52.7 Å². The minimum atomic E-state index is -5.19. The van der Waals surface area contributed by atoms with Crippen molar-refractivity contribution in [3.8, 4) is 22.5 Å². The van der Waals surface area contributed by atoms with Gasteiger partial charge in [-0.3, -0.25) is 0 Å². The predicted octanol–water partition coefficient (Wildman–Crippen LogP) is -0.0358. The third kappa shape index (κ3) is 7.09. The highest BCUT2D eigenvalue weighted by atomic mass is 32.2. The number of carbonyl (C=O) groups is 1. The second-order valence-corrected chi connectivity index (χ2v) is 12.6. The molecule has 0 fully saturated rings. The first-order valence-electron chi connectivity index (χ1n) is 11.4. The second kappa shape index (κ2) is 12.0. The molecule has 0 aliphatic heterocycles. The number of aliphatic carboxylic acids is 1. The van der Waals surface area contributed by atoms with Crippen molar-refractivity contribution in [2.45, 2.75) is 22.5 Å². The molecule has 3 heterocycles. The number of rotatable bonds is 7. The average Bonchev–Trinajstić information content (AvgIpc) is 3.60. The number of hydrogen-bond donors (Lipinski definition) is 4. The van der Waals surface area contributed by atoms with Crippen LogP contribution in [0.5, 0.6) is 0 Å². The molecule has 0 saturated carbocycles. The van der Waals surface area contributed by atoms with Crippen molar-refractivity contribution in [2.75, 3.05) is 5.73 Å². The number of benzene rings is 2. The van der Waals surface area contributed by atoms with E-state index in [2.05, 4.69) is 35.3 Å². The van der Waals surface area contributed by atoms with Crippen LogP contribution in [-0.4, -0.2) is 54.6 Å². The molecule has 226 valence electrons. The van der Waals surface area contributed by atoms with E-state index in [0.29, 0.717) is 21.9 Å². The zero-order chi connectivity index (χ0) is 31.6. The highest BCUT2D eigenvalue weighted by molar-refractivity contribution is 7.92. The van der Waals surface area contributed by atoms with E-state index in [0.717, 1.165) is 4.70 Å². The lowest BCUT2D eigenvalue weighted by molar-refractivity contribution is -0.390. The summed E-state index contributed by atoms with van der Waals surface area (Å²) in [4.78, 5) is 14.8. The molecule has 0 aliphatic rings. The van der Waals surface area contributed by atoms with E-state index in [1.165, 1.54) is 23.5 Å². The van der Waals surface area contributed by atoms with Gasteiger partial charge in [0.15, 0.2) is 17.0 Å². The van der Waals surface area contributed by atoms with Gasteiger partial charge in [0.1, 0.15) is 15.8 Å². The fraction of sp³-hybridized carbons (Fsp3) is 0.0909. The number of nitrogens with zero attached hydrogens (tertiary/aromatic N) is 4. The van der Waals surface area contributed by atoms with Gasteiger partial charge in [-0.2, -0.15) is 18.4 Å². The number of halogens is 3.